The van der Waals surface area contributed by atoms with E-state index in [1.807, 2.05) is 0 Å². The zero-order valence-corrected chi connectivity index (χ0v) is 11.0. The molecule has 0 amide bonds. The zero-order valence-electron chi connectivity index (χ0n) is 11.0. The molecule has 7 nitrogen and oxygen atoms in total. The lowest BCUT2D eigenvalue weighted by Gasteiger charge is -2.16. The van der Waals surface area contributed by atoms with Gasteiger partial charge in [0.25, 0.3) is 0 Å². The lowest BCUT2D eigenvalue weighted by molar-refractivity contribution is 0.0683. The van der Waals surface area contributed by atoms with Crippen molar-refractivity contribution in [1.29, 1.82) is 0 Å². The van der Waals surface area contributed by atoms with Crippen molar-refractivity contribution in [3.8, 4) is 5.69 Å². The van der Waals surface area contributed by atoms with E-state index in [0.717, 1.165) is 5.69 Å². The quantitative estimate of drug-likeness (QED) is 0.775. The van der Waals surface area contributed by atoms with Crippen LogP contribution in [0.1, 0.15) is 32.1 Å². The molecule has 2 heterocycles. The summed E-state index contributed by atoms with van der Waals surface area (Å²) in [6.07, 6.45) is 0.601. The summed E-state index contributed by atoms with van der Waals surface area (Å²) in [6, 6.07) is 6.44. The average Bonchev–Trinajstić information content (AvgIpc) is 2.87. The molecular weight excluding hydrogens is 274 g/mol. The predicted octanol–water partition coefficient (Wildman–Crippen LogP) is 0.914. The van der Waals surface area contributed by atoms with Crippen molar-refractivity contribution in [2.75, 3.05) is 6.54 Å². The molecule has 108 valence electrons. The fraction of sp³-hybridized carbons (Fsp3) is 0.214. The van der Waals surface area contributed by atoms with E-state index in [1.54, 1.807) is 18.2 Å². The van der Waals surface area contributed by atoms with E-state index in [-0.39, 0.29) is 11.3 Å². The number of fused-ring (bicyclic) bond motifs is 1. The maximum Gasteiger partial charge on any atom is 0.356 e. The van der Waals surface area contributed by atoms with Gasteiger partial charge >= 0.3 is 11.9 Å². The topological polar surface area (TPSA) is 104 Å². The first-order valence-corrected chi connectivity index (χ1v) is 6.47. The average molecular weight is 287 g/mol. The molecule has 0 saturated heterocycles. The number of para-hydroxylation sites is 1. The number of aromatic carboxylic acids is 2. The Hall–Kier alpha value is -2.67. The molecule has 0 spiro atoms. The molecule has 1 aromatic carbocycles. The highest BCUT2D eigenvalue weighted by Gasteiger charge is 2.26. The summed E-state index contributed by atoms with van der Waals surface area (Å²) in [5.74, 6) is -2.18. The van der Waals surface area contributed by atoms with Crippen LogP contribution < -0.4 is 5.32 Å². The first kappa shape index (κ1) is 13.3. The van der Waals surface area contributed by atoms with Crippen molar-refractivity contribution in [1.82, 2.24) is 15.1 Å². The summed E-state index contributed by atoms with van der Waals surface area (Å²) >= 11 is 0. The first-order chi connectivity index (χ1) is 10.1. The maximum atomic E-state index is 11.3. The van der Waals surface area contributed by atoms with Gasteiger partial charge in [-0.15, -0.1) is 0 Å². The van der Waals surface area contributed by atoms with Gasteiger partial charge in [0.05, 0.1) is 16.9 Å². The molecule has 0 atom stereocenters. The highest BCUT2D eigenvalue weighted by atomic mass is 16.4. The van der Waals surface area contributed by atoms with Crippen LogP contribution >= 0.6 is 0 Å². The van der Waals surface area contributed by atoms with Crippen molar-refractivity contribution < 1.29 is 19.8 Å². The van der Waals surface area contributed by atoms with Gasteiger partial charge in [-0.05, 0) is 12.1 Å². The van der Waals surface area contributed by atoms with E-state index in [4.69, 9.17) is 0 Å². The Bertz CT molecular complexity index is 736. The molecule has 3 N–H and O–H groups in total. The number of hydrogen-bond acceptors (Lipinski definition) is 4. The summed E-state index contributed by atoms with van der Waals surface area (Å²) in [7, 11) is 0. The van der Waals surface area contributed by atoms with E-state index in [9.17, 15) is 19.8 Å². The molecule has 0 radical (unpaired) electrons. The van der Waals surface area contributed by atoms with Crippen LogP contribution in [0.4, 0.5) is 0 Å². The Morgan fingerprint density at radius 3 is 2.67 bits per heavy atom. The highest BCUT2D eigenvalue weighted by Crippen LogP contribution is 2.24. The molecule has 2 aromatic rings. The summed E-state index contributed by atoms with van der Waals surface area (Å²) in [5, 5.41) is 25.8. The van der Waals surface area contributed by atoms with Crippen LogP contribution in [0, 0.1) is 0 Å². The molecule has 0 aliphatic carbocycles. The number of carbonyl (C=O) groups is 2. The van der Waals surface area contributed by atoms with Gasteiger partial charge in [0, 0.05) is 25.1 Å². The van der Waals surface area contributed by atoms with Gasteiger partial charge in [0.15, 0.2) is 5.69 Å². The van der Waals surface area contributed by atoms with Gasteiger partial charge < -0.3 is 15.5 Å². The fourth-order valence-corrected chi connectivity index (χ4v) is 2.56. The fourth-order valence-electron chi connectivity index (χ4n) is 2.56. The number of benzene rings is 1. The third-order valence-corrected chi connectivity index (χ3v) is 3.50. The van der Waals surface area contributed by atoms with Crippen molar-refractivity contribution >= 4 is 11.9 Å². The van der Waals surface area contributed by atoms with Crippen LogP contribution in [0.25, 0.3) is 5.69 Å². The second kappa shape index (κ2) is 5.02. The predicted molar refractivity (Wildman–Crippen MR) is 72.9 cm³/mol. The van der Waals surface area contributed by atoms with Crippen LogP contribution in [0.15, 0.2) is 24.3 Å². The smallest absolute Gasteiger partial charge is 0.356 e. The number of carboxylic acid groups (broad SMARTS) is 2. The summed E-state index contributed by atoms with van der Waals surface area (Å²) < 4.78 is 1.45. The van der Waals surface area contributed by atoms with Crippen molar-refractivity contribution in [2.45, 2.75) is 13.0 Å². The molecule has 0 saturated carbocycles. The Kier molecular flexibility index (Phi) is 3.19. The standard InChI is InChI=1S/C14H13N3O4/c18-13(19)8-3-1-2-4-10(8)17-11-5-6-15-7-9(11)12(16-17)14(20)21/h1-4,15H,5-7H2,(H,18,19)(H,20,21). The molecule has 21 heavy (non-hydrogen) atoms. The van der Waals surface area contributed by atoms with Gasteiger partial charge in [-0.25, -0.2) is 14.3 Å². The van der Waals surface area contributed by atoms with Gasteiger partial charge in [-0.2, -0.15) is 5.10 Å². The van der Waals surface area contributed by atoms with Crippen LogP contribution in [0.3, 0.4) is 0 Å². The number of nitrogens with zero attached hydrogens (tertiary/aromatic N) is 2. The van der Waals surface area contributed by atoms with E-state index in [1.165, 1.54) is 10.7 Å². The normalized spacial score (nSPS) is 13.7. The number of aromatic nitrogens is 2. The molecule has 0 unspecified atom stereocenters. The molecule has 0 fully saturated rings. The van der Waals surface area contributed by atoms with Crippen molar-refractivity contribution in [3.63, 3.8) is 0 Å². The Morgan fingerprint density at radius 2 is 1.95 bits per heavy atom. The third kappa shape index (κ3) is 2.17. The number of nitrogens with one attached hydrogen (secondary N) is 1. The maximum absolute atomic E-state index is 11.3. The molecule has 0 bridgehead atoms. The highest BCUT2D eigenvalue weighted by molar-refractivity contribution is 5.92. The van der Waals surface area contributed by atoms with E-state index >= 15 is 0 Å². The monoisotopic (exact) mass is 287 g/mol. The summed E-state index contributed by atoms with van der Waals surface area (Å²) in [6.45, 7) is 1.12. The first-order valence-electron chi connectivity index (χ1n) is 6.47. The van der Waals surface area contributed by atoms with Crippen molar-refractivity contribution in [2.24, 2.45) is 0 Å². The van der Waals surface area contributed by atoms with Crippen LogP contribution in [0.2, 0.25) is 0 Å². The molecular formula is C14H13N3O4. The number of rotatable bonds is 3. The molecule has 7 heteroatoms. The number of carboxylic acids is 2. The van der Waals surface area contributed by atoms with Gasteiger partial charge in [-0.3, -0.25) is 0 Å². The van der Waals surface area contributed by atoms with Crippen molar-refractivity contribution in [3.05, 3.63) is 46.8 Å². The van der Waals surface area contributed by atoms with E-state index < -0.39 is 11.9 Å². The van der Waals surface area contributed by atoms with Gasteiger partial charge in [-0.1, -0.05) is 12.1 Å². The summed E-state index contributed by atoms with van der Waals surface area (Å²) in [5.41, 5.74) is 1.82. The lowest BCUT2D eigenvalue weighted by atomic mass is 10.1. The Labute approximate surface area is 119 Å². The Balaban J connectivity index is 2.24. The molecule has 1 aliphatic heterocycles. The van der Waals surface area contributed by atoms with Crippen LogP contribution in [-0.4, -0.2) is 38.5 Å². The van der Waals surface area contributed by atoms with Gasteiger partial charge in [0.1, 0.15) is 0 Å². The van der Waals surface area contributed by atoms with E-state index in [0.29, 0.717) is 30.8 Å². The Morgan fingerprint density at radius 1 is 1.19 bits per heavy atom. The van der Waals surface area contributed by atoms with Gasteiger partial charge in [0.2, 0.25) is 0 Å². The van der Waals surface area contributed by atoms with E-state index in [2.05, 4.69) is 10.4 Å². The van der Waals surface area contributed by atoms with Crippen LogP contribution in [0.5, 0.6) is 0 Å². The minimum absolute atomic E-state index is 0.0302. The second-order valence-electron chi connectivity index (χ2n) is 4.74. The number of hydrogen-bond donors (Lipinski definition) is 3. The summed E-state index contributed by atoms with van der Waals surface area (Å²) in [4.78, 5) is 22.7. The zero-order chi connectivity index (χ0) is 15.0. The largest absolute Gasteiger partial charge is 0.478 e. The second-order valence-corrected chi connectivity index (χ2v) is 4.74. The molecule has 1 aliphatic rings. The molecule has 1 aromatic heterocycles. The SMILES string of the molecule is O=C(O)c1ccccc1-n1nc(C(=O)O)c2c1CCNC2. The third-order valence-electron chi connectivity index (χ3n) is 3.50. The minimum Gasteiger partial charge on any atom is -0.478 e. The lowest BCUT2D eigenvalue weighted by Crippen LogP contribution is -2.25. The molecule has 3 rings (SSSR count). The minimum atomic E-state index is -1.11. The van der Waals surface area contributed by atoms with Crippen LogP contribution in [-0.2, 0) is 13.0 Å².